The van der Waals surface area contributed by atoms with Gasteiger partial charge in [-0.25, -0.2) is 9.78 Å². The third-order valence-corrected chi connectivity index (χ3v) is 3.56. The van der Waals surface area contributed by atoms with Gasteiger partial charge in [0.25, 0.3) is 0 Å². The molecule has 0 saturated heterocycles. The fourth-order valence-electron chi connectivity index (χ4n) is 2.53. The molecular formula is C17H16N2O2. The number of aromatic amines is 1. The van der Waals surface area contributed by atoms with Gasteiger partial charge >= 0.3 is 5.97 Å². The topological polar surface area (TPSA) is 66.0 Å². The largest absolute Gasteiger partial charge is 0.476 e. The zero-order valence-corrected chi connectivity index (χ0v) is 11.9. The summed E-state index contributed by atoms with van der Waals surface area (Å²) in [5.74, 6) is -0.318. The van der Waals surface area contributed by atoms with Crippen LogP contribution in [-0.4, -0.2) is 21.0 Å². The molecule has 3 aromatic rings. The molecule has 0 amide bonds. The summed E-state index contributed by atoms with van der Waals surface area (Å²) in [5, 5.41) is 11.5. The van der Waals surface area contributed by atoms with E-state index in [1.54, 1.807) is 0 Å². The van der Waals surface area contributed by atoms with Gasteiger partial charge in [0.2, 0.25) is 0 Å². The van der Waals surface area contributed by atoms with Crippen LogP contribution in [0.3, 0.4) is 0 Å². The van der Waals surface area contributed by atoms with Crippen LogP contribution in [0, 0.1) is 0 Å². The molecule has 0 aliphatic carbocycles. The molecule has 0 bridgehead atoms. The van der Waals surface area contributed by atoms with E-state index in [9.17, 15) is 9.90 Å². The fraction of sp³-hybridized carbons (Fsp3) is 0.176. The van der Waals surface area contributed by atoms with Crippen molar-refractivity contribution in [3.8, 4) is 11.4 Å². The van der Waals surface area contributed by atoms with E-state index in [0.29, 0.717) is 11.5 Å². The maximum atomic E-state index is 11.4. The standard InChI is InChI=1S/C17H16N2O2/c1-10(2)14-15(17(20)21)19-16(18-14)13-9-5-7-11-6-3-4-8-12(11)13/h3-10H,1-2H3,(H,18,19)(H,20,21). The number of carbonyl (C=O) groups is 1. The Morgan fingerprint density at radius 2 is 1.86 bits per heavy atom. The molecule has 0 radical (unpaired) electrons. The summed E-state index contributed by atoms with van der Waals surface area (Å²) < 4.78 is 0. The molecule has 1 heterocycles. The molecule has 0 aliphatic rings. The predicted octanol–water partition coefficient (Wildman–Crippen LogP) is 4.05. The number of H-pyrrole nitrogens is 1. The molecule has 0 unspecified atom stereocenters. The Morgan fingerprint density at radius 1 is 1.14 bits per heavy atom. The SMILES string of the molecule is CC(C)c1[nH]c(-c2cccc3ccccc23)nc1C(=O)O. The summed E-state index contributed by atoms with van der Waals surface area (Å²) in [6.45, 7) is 3.90. The Hall–Kier alpha value is -2.62. The van der Waals surface area contributed by atoms with Gasteiger partial charge in [-0.3, -0.25) is 0 Å². The van der Waals surface area contributed by atoms with Crippen molar-refractivity contribution < 1.29 is 9.90 Å². The van der Waals surface area contributed by atoms with Crippen LogP contribution in [0.4, 0.5) is 0 Å². The summed E-state index contributed by atoms with van der Waals surface area (Å²) in [5.41, 5.74) is 1.68. The quantitative estimate of drug-likeness (QED) is 0.760. The monoisotopic (exact) mass is 280 g/mol. The highest BCUT2D eigenvalue weighted by Crippen LogP contribution is 2.29. The van der Waals surface area contributed by atoms with E-state index in [2.05, 4.69) is 9.97 Å². The fourth-order valence-corrected chi connectivity index (χ4v) is 2.53. The van der Waals surface area contributed by atoms with Crippen LogP contribution in [0.15, 0.2) is 42.5 Å². The molecule has 0 spiro atoms. The zero-order chi connectivity index (χ0) is 15.0. The lowest BCUT2D eigenvalue weighted by atomic mass is 10.0. The Kier molecular flexibility index (Phi) is 3.22. The number of imidazole rings is 1. The Morgan fingerprint density at radius 3 is 2.52 bits per heavy atom. The Balaban J connectivity index is 2.24. The van der Waals surface area contributed by atoms with Gasteiger partial charge in [0.1, 0.15) is 5.82 Å². The summed E-state index contributed by atoms with van der Waals surface area (Å²) in [6.07, 6.45) is 0. The van der Waals surface area contributed by atoms with Crippen molar-refractivity contribution in [3.63, 3.8) is 0 Å². The van der Waals surface area contributed by atoms with Crippen molar-refractivity contribution in [1.82, 2.24) is 9.97 Å². The maximum absolute atomic E-state index is 11.4. The molecule has 0 aliphatic heterocycles. The molecule has 3 rings (SSSR count). The lowest BCUT2D eigenvalue weighted by Gasteiger charge is -2.04. The van der Waals surface area contributed by atoms with Crippen LogP contribution >= 0.6 is 0 Å². The van der Waals surface area contributed by atoms with Crippen LogP contribution < -0.4 is 0 Å². The van der Waals surface area contributed by atoms with Gasteiger partial charge in [-0.15, -0.1) is 0 Å². The molecule has 4 heteroatoms. The number of carboxylic acids is 1. The van der Waals surface area contributed by atoms with Gasteiger partial charge in [0.05, 0.1) is 5.69 Å². The van der Waals surface area contributed by atoms with Gasteiger partial charge in [-0.2, -0.15) is 0 Å². The number of aromatic carboxylic acids is 1. The molecule has 21 heavy (non-hydrogen) atoms. The molecule has 2 N–H and O–H groups in total. The first-order chi connectivity index (χ1) is 10.1. The summed E-state index contributed by atoms with van der Waals surface area (Å²) in [4.78, 5) is 18.8. The van der Waals surface area contributed by atoms with E-state index in [4.69, 9.17) is 0 Å². The van der Waals surface area contributed by atoms with Gasteiger partial charge in [0.15, 0.2) is 5.69 Å². The van der Waals surface area contributed by atoms with Crippen LogP contribution in [0.5, 0.6) is 0 Å². The number of nitrogens with one attached hydrogen (secondary N) is 1. The molecule has 106 valence electrons. The number of carboxylic acid groups (broad SMARTS) is 1. The van der Waals surface area contributed by atoms with E-state index >= 15 is 0 Å². The van der Waals surface area contributed by atoms with E-state index in [-0.39, 0.29) is 11.6 Å². The van der Waals surface area contributed by atoms with E-state index in [0.717, 1.165) is 16.3 Å². The van der Waals surface area contributed by atoms with Gasteiger partial charge < -0.3 is 10.1 Å². The van der Waals surface area contributed by atoms with Crippen LogP contribution in [-0.2, 0) is 0 Å². The van der Waals surface area contributed by atoms with Gasteiger partial charge in [-0.1, -0.05) is 56.3 Å². The van der Waals surface area contributed by atoms with Crippen molar-refractivity contribution in [1.29, 1.82) is 0 Å². The molecule has 0 fully saturated rings. The molecule has 1 aromatic heterocycles. The number of aromatic nitrogens is 2. The third-order valence-electron chi connectivity index (χ3n) is 3.56. The molecule has 2 aromatic carbocycles. The minimum Gasteiger partial charge on any atom is -0.476 e. The number of hydrogen-bond acceptors (Lipinski definition) is 2. The maximum Gasteiger partial charge on any atom is 0.356 e. The number of fused-ring (bicyclic) bond motifs is 1. The first kappa shape index (κ1) is 13.4. The van der Waals surface area contributed by atoms with Crippen molar-refractivity contribution in [2.75, 3.05) is 0 Å². The second kappa shape index (κ2) is 5.05. The highest BCUT2D eigenvalue weighted by Gasteiger charge is 2.20. The number of hydrogen-bond donors (Lipinski definition) is 2. The summed E-state index contributed by atoms with van der Waals surface area (Å²) in [7, 11) is 0. The van der Waals surface area contributed by atoms with Crippen LogP contribution in [0.25, 0.3) is 22.2 Å². The minimum absolute atomic E-state index is 0.0762. The zero-order valence-electron chi connectivity index (χ0n) is 11.9. The lowest BCUT2D eigenvalue weighted by molar-refractivity contribution is 0.0689. The number of rotatable bonds is 3. The lowest BCUT2D eigenvalue weighted by Crippen LogP contribution is -2.02. The van der Waals surface area contributed by atoms with Crippen molar-refractivity contribution in [2.24, 2.45) is 0 Å². The van der Waals surface area contributed by atoms with Crippen LogP contribution in [0.1, 0.15) is 35.9 Å². The molecule has 0 atom stereocenters. The molecule has 4 nitrogen and oxygen atoms in total. The van der Waals surface area contributed by atoms with E-state index in [1.165, 1.54) is 0 Å². The van der Waals surface area contributed by atoms with Crippen molar-refractivity contribution in [2.45, 2.75) is 19.8 Å². The van der Waals surface area contributed by atoms with E-state index < -0.39 is 5.97 Å². The smallest absolute Gasteiger partial charge is 0.356 e. The highest BCUT2D eigenvalue weighted by atomic mass is 16.4. The van der Waals surface area contributed by atoms with E-state index in [1.807, 2.05) is 56.3 Å². The Bertz CT molecular complexity index is 813. The normalized spacial score (nSPS) is 11.2. The van der Waals surface area contributed by atoms with Crippen LogP contribution in [0.2, 0.25) is 0 Å². The average molecular weight is 280 g/mol. The molecule has 0 saturated carbocycles. The summed E-state index contributed by atoms with van der Waals surface area (Å²) >= 11 is 0. The average Bonchev–Trinajstić information content (AvgIpc) is 2.92. The Labute approximate surface area is 122 Å². The second-order valence-corrected chi connectivity index (χ2v) is 5.33. The number of benzene rings is 2. The van der Waals surface area contributed by atoms with Gasteiger partial charge in [-0.05, 0) is 16.7 Å². The first-order valence-corrected chi connectivity index (χ1v) is 6.89. The second-order valence-electron chi connectivity index (χ2n) is 5.33. The number of nitrogens with zero attached hydrogens (tertiary/aromatic N) is 1. The van der Waals surface area contributed by atoms with Crippen molar-refractivity contribution >= 4 is 16.7 Å². The van der Waals surface area contributed by atoms with Crippen molar-refractivity contribution in [3.05, 3.63) is 53.9 Å². The third kappa shape index (κ3) is 2.29. The van der Waals surface area contributed by atoms with Gasteiger partial charge in [0, 0.05) is 5.56 Å². The summed E-state index contributed by atoms with van der Waals surface area (Å²) in [6, 6.07) is 13.9. The minimum atomic E-state index is -0.999. The highest BCUT2D eigenvalue weighted by molar-refractivity contribution is 5.96. The molecular weight excluding hydrogens is 264 g/mol. The predicted molar refractivity (Wildman–Crippen MR) is 82.6 cm³/mol. The first-order valence-electron chi connectivity index (χ1n) is 6.89.